The highest BCUT2D eigenvalue weighted by atomic mass is 15.2. The third-order valence-corrected chi connectivity index (χ3v) is 3.67. The zero-order valence-corrected chi connectivity index (χ0v) is 11.8. The molecule has 2 rings (SSSR count). The summed E-state index contributed by atoms with van der Waals surface area (Å²) < 4.78 is 0. The third kappa shape index (κ3) is 4.05. The molecule has 0 spiro atoms. The number of nitriles is 1. The Labute approximate surface area is 116 Å². The standard InChI is InChI=1S/C16H23N3/c1-13(2)18-16(10-17)12-19-9-8-15(11-19)14-6-4-3-5-7-14/h3-7,13,15-16,18H,8-9,11-12H2,1-2H3. The Balaban J connectivity index is 1.87. The summed E-state index contributed by atoms with van der Waals surface area (Å²) in [4.78, 5) is 2.40. The van der Waals surface area contributed by atoms with Gasteiger partial charge in [0, 0.05) is 19.1 Å². The van der Waals surface area contributed by atoms with Crippen LogP contribution in [-0.2, 0) is 0 Å². The zero-order valence-electron chi connectivity index (χ0n) is 11.8. The van der Waals surface area contributed by atoms with Crippen molar-refractivity contribution in [2.45, 2.75) is 38.3 Å². The molecule has 1 heterocycles. The van der Waals surface area contributed by atoms with Crippen LogP contribution < -0.4 is 5.32 Å². The third-order valence-electron chi connectivity index (χ3n) is 3.67. The maximum Gasteiger partial charge on any atom is 0.108 e. The molecule has 1 aromatic rings. The molecule has 1 fully saturated rings. The first-order valence-electron chi connectivity index (χ1n) is 7.12. The molecule has 0 radical (unpaired) electrons. The van der Waals surface area contributed by atoms with Crippen LogP contribution in [-0.4, -0.2) is 36.6 Å². The molecule has 2 atom stereocenters. The first-order valence-corrected chi connectivity index (χ1v) is 7.12. The summed E-state index contributed by atoms with van der Waals surface area (Å²) in [6.45, 7) is 7.17. The van der Waals surface area contributed by atoms with Gasteiger partial charge < -0.3 is 4.90 Å². The summed E-state index contributed by atoms with van der Waals surface area (Å²) in [6.07, 6.45) is 1.20. The first-order chi connectivity index (χ1) is 9.19. The van der Waals surface area contributed by atoms with Crippen molar-refractivity contribution in [1.82, 2.24) is 10.2 Å². The highest BCUT2D eigenvalue weighted by molar-refractivity contribution is 5.21. The van der Waals surface area contributed by atoms with Gasteiger partial charge in [0.05, 0.1) is 6.07 Å². The van der Waals surface area contributed by atoms with Crippen molar-refractivity contribution in [2.24, 2.45) is 0 Å². The number of hydrogen-bond acceptors (Lipinski definition) is 3. The van der Waals surface area contributed by atoms with Crippen molar-refractivity contribution in [3.8, 4) is 6.07 Å². The van der Waals surface area contributed by atoms with E-state index in [0.29, 0.717) is 12.0 Å². The van der Waals surface area contributed by atoms with Gasteiger partial charge in [-0.05, 0) is 38.3 Å². The quantitative estimate of drug-likeness (QED) is 0.880. The molecule has 0 amide bonds. The number of nitrogens with zero attached hydrogens (tertiary/aromatic N) is 2. The van der Waals surface area contributed by atoms with Crippen LogP contribution in [0.3, 0.4) is 0 Å². The number of benzene rings is 1. The van der Waals surface area contributed by atoms with Crippen LogP contribution in [0.4, 0.5) is 0 Å². The average molecular weight is 257 g/mol. The number of nitrogens with one attached hydrogen (secondary N) is 1. The van der Waals surface area contributed by atoms with E-state index in [4.69, 9.17) is 0 Å². The molecular weight excluding hydrogens is 234 g/mol. The lowest BCUT2D eigenvalue weighted by Gasteiger charge is -2.21. The van der Waals surface area contributed by atoms with Crippen LogP contribution in [0.15, 0.2) is 30.3 Å². The van der Waals surface area contributed by atoms with Crippen LogP contribution in [0.5, 0.6) is 0 Å². The lowest BCUT2D eigenvalue weighted by molar-refractivity contribution is 0.303. The van der Waals surface area contributed by atoms with Crippen LogP contribution in [0, 0.1) is 11.3 Å². The molecule has 102 valence electrons. The molecule has 2 unspecified atom stereocenters. The molecule has 1 aliphatic rings. The van der Waals surface area contributed by atoms with Crippen LogP contribution in [0.1, 0.15) is 31.7 Å². The first kappa shape index (κ1) is 14.0. The van der Waals surface area contributed by atoms with Gasteiger partial charge in [-0.25, -0.2) is 0 Å². The summed E-state index contributed by atoms with van der Waals surface area (Å²) in [5.41, 5.74) is 1.43. The molecule has 0 aliphatic carbocycles. The van der Waals surface area contributed by atoms with Crippen molar-refractivity contribution >= 4 is 0 Å². The second kappa shape index (κ2) is 6.70. The lowest BCUT2D eigenvalue weighted by atomic mass is 9.99. The monoisotopic (exact) mass is 257 g/mol. The van der Waals surface area contributed by atoms with E-state index in [-0.39, 0.29) is 6.04 Å². The molecule has 3 nitrogen and oxygen atoms in total. The Hall–Kier alpha value is -1.37. The molecule has 19 heavy (non-hydrogen) atoms. The SMILES string of the molecule is CC(C)NC(C#N)CN1CCC(c2ccccc2)C1. The maximum absolute atomic E-state index is 9.18. The van der Waals surface area contributed by atoms with Gasteiger partial charge in [-0.3, -0.25) is 5.32 Å². The predicted octanol–water partition coefficient (Wildman–Crippen LogP) is 2.37. The predicted molar refractivity (Wildman–Crippen MR) is 77.9 cm³/mol. The van der Waals surface area contributed by atoms with Gasteiger partial charge in [-0.15, -0.1) is 0 Å². The number of rotatable bonds is 5. The maximum atomic E-state index is 9.18. The summed E-state index contributed by atoms with van der Waals surface area (Å²) in [5, 5.41) is 12.5. The van der Waals surface area contributed by atoms with Gasteiger partial charge in [0.15, 0.2) is 0 Å². The largest absolute Gasteiger partial charge is 0.300 e. The molecule has 1 aromatic carbocycles. The minimum absolute atomic E-state index is 0.0606. The number of hydrogen-bond donors (Lipinski definition) is 1. The molecule has 0 aromatic heterocycles. The molecule has 0 bridgehead atoms. The van der Waals surface area contributed by atoms with Gasteiger partial charge in [-0.1, -0.05) is 30.3 Å². The minimum Gasteiger partial charge on any atom is -0.300 e. The van der Waals surface area contributed by atoms with Crippen LogP contribution in [0.25, 0.3) is 0 Å². The molecule has 3 heteroatoms. The Morgan fingerprint density at radius 1 is 1.37 bits per heavy atom. The molecule has 1 saturated heterocycles. The molecule has 1 aliphatic heterocycles. The summed E-state index contributed by atoms with van der Waals surface area (Å²) in [5.74, 6) is 0.625. The van der Waals surface area contributed by atoms with Crippen LogP contribution >= 0.6 is 0 Å². The second-order valence-corrected chi connectivity index (χ2v) is 5.66. The van der Waals surface area contributed by atoms with E-state index in [1.807, 2.05) is 0 Å². The van der Waals surface area contributed by atoms with Gasteiger partial charge >= 0.3 is 0 Å². The highest BCUT2D eigenvalue weighted by Gasteiger charge is 2.25. The molecule has 1 N–H and O–H groups in total. The van der Waals surface area contributed by atoms with E-state index in [2.05, 4.69) is 60.5 Å². The van der Waals surface area contributed by atoms with Crippen molar-refractivity contribution in [1.29, 1.82) is 5.26 Å². The minimum atomic E-state index is -0.0606. The fourth-order valence-electron chi connectivity index (χ4n) is 2.79. The topological polar surface area (TPSA) is 39.1 Å². The van der Waals surface area contributed by atoms with Gasteiger partial charge in [0.1, 0.15) is 6.04 Å². The van der Waals surface area contributed by atoms with E-state index in [9.17, 15) is 5.26 Å². The van der Waals surface area contributed by atoms with E-state index in [1.54, 1.807) is 0 Å². The van der Waals surface area contributed by atoms with Crippen molar-refractivity contribution in [3.05, 3.63) is 35.9 Å². The Morgan fingerprint density at radius 3 is 2.74 bits per heavy atom. The fourth-order valence-corrected chi connectivity index (χ4v) is 2.79. The normalized spacial score (nSPS) is 21.5. The second-order valence-electron chi connectivity index (χ2n) is 5.66. The lowest BCUT2D eigenvalue weighted by Crippen LogP contribution is -2.42. The molecule has 0 saturated carbocycles. The van der Waals surface area contributed by atoms with Crippen molar-refractivity contribution in [2.75, 3.05) is 19.6 Å². The smallest absolute Gasteiger partial charge is 0.108 e. The van der Waals surface area contributed by atoms with Crippen molar-refractivity contribution in [3.63, 3.8) is 0 Å². The van der Waals surface area contributed by atoms with Gasteiger partial charge in [0.25, 0.3) is 0 Å². The Kier molecular flexibility index (Phi) is 4.95. The summed E-state index contributed by atoms with van der Waals surface area (Å²) in [7, 11) is 0. The van der Waals surface area contributed by atoms with E-state index >= 15 is 0 Å². The molecular formula is C16H23N3. The highest BCUT2D eigenvalue weighted by Crippen LogP contribution is 2.26. The zero-order chi connectivity index (χ0) is 13.7. The number of likely N-dealkylation sites (tertiary alicyclic amines) is 1. The van der Waals surface area contributed by atoms with E-state index in [1.165, 1.54) is 12.0 Å². The average Bonchev–Trinajstić information content (AvgIpc) is 2.87. The van der Waals surface area contributed by atoms with E-state index < -0.39 is 0 Å². The van der Waals surface area contributed by atoms with Gasteiger partial charge in [-0.2, -0.15) is 5.26 Å². The van der Waals surface area contributed by atoms with Gasteiger partial charge in [0.2, 0.25) is 0 Å². The Morgan fingerprint density at radius 2 is 2.11 bits per heavy atom. The fraction of sp³-hybridized carbons (Fsp3) is 0.562. The van der Waals surface area contributed by atoms with E-state index in [0.717, 1.165) is 19.6 Å². The summed E-state index contributed by atoms with van der Waals surface area (Å²) in [6, 6.07) is 13.4. The van der Waals surface area contributed by atoms with Crippen LogP contribution in [0.2, 0.25) is 0 Å². The van der Waals surface area contributed by atoms with Crippen molar-refractivity contribution < 1.29 is 0 Å². The summed E-state index contributed by atoms with van der Waals surface area (Å²) >= 11 is 0. The Bertz CT molecular complexity index is 421.